The lowest BCUT2D eigenvalue weighted by molar-refractivity contribution is -0.127. The molecule has 1 fully saturated rings. The Balaban J connectivity index is 2.59. The van der Waals surface area contributed by atoms with E-state index in [0.717, 1.165) is 6.42 Å². The van der Waals surface area contributed by atoms with Crippen LogP contribution in [0.15, 0.2) is 0 Å². The average molecular weight is 228 g/mol. The number of hydrogen-bond acceptors (Lipinski definition) is 3. The summed E-state index contributed by atoms with van der Waals surface area (Å²) < 4.78 is 5.21. The van der Waals surface area contributed by atoms with Gasteiger partial charge in [0.15, 0.2) is 0 Å². The van der Waals surface area contributed by atoms with E-state index >= 15 is 0 Å². The molecule has 0 aromatic heterocycles. The van der Waals surface area contributed by atoms with Crippen molar-refractivity contribution >= 4 is 12.0 Å². The van der Waals surface area contributed by atoms with Crippen LogP contribution in [0, 0.1) is 0 Å². The second-order valence-corrected chi connectivity index (χ2v) is 5.04. The summed E-state index contributed by atoms with van der Waals surface area (Å²) in [5.41, 5.74) is -0.531. The van der Waals surface area contributed by atoms with Gasteiger partial charge in [0.2, 0.25) is 5.91 Å². The van der Waals surface area contributed by atoms with Crippen LogP contribution in [0.5, 0.6) is 0 Å². The summed E-state index contributed by atoms with van der Waals surface area (Å²) in [5, 5.41) is 2.74. The maximum atomic E-state index is 11.7. The Kier molecular flexibility index (Phi) is 3.78. The van der Waals surface area contributed by atoms with Crippen molar-refractivity contribution in [1.29, 1.82) is 0 Å². The number of carbonyl (C=O) groups is 2. The van der Waals surface area contributed by atoms with Gasteiger partial charge < -0.3 is 10.1 Å². The minimum Gasteiger partial charge on any atom is -0.444 e. The number of carbonyl (C=O) groups excluding carboxylic acids is 2. The Morgan fingerprint density at radius 1 is 1.50 bits per heavy atom. The molecule has 0 aromatic rings. The fraction of sp³-hybridized carbons (Fsp3) is 0.818. The van der Waals surface area contributed by atoms with E-state index in [0.29, 0.717) is 13.0 Å². The quantitative estimate of drug-likeness (QED) is 0.732. The number of likely N-dealkylation sites (N-methyl/N-ethyl adjacent to an activating group) is 1. The first-order valence-electron chi connectivity index (χ1n) is 5.55. The van der Waals surface area contributed by atoms with Crippen LogP contribution in [0.1, 0.15) is 33.6 Å². The van der Waals surface area contributed by atoms with E-state index < -0.39 is 17.7 Å². The van der Waals surface area contributed by atoms with Gasteiger partial charge in [-0.3, -0.25) is 9.69 Å². The number of hydrogen-bond donors (Lipinski definition) is 1. The molecule has 16 heavy (non-hydrogen) atoms. The maximum absolute atomic E-state index is 11.7. The highest BCUT2D eigenvalue weighted by molar-refractivity contribution is 5.86. The lowest BCUT2D eigenvalue weighted by Crippen LogP contribution is -2.51. The van der Waals surface area contributed by atoms with Gasteiger partial charge in [-0.05, 0) is 33.6 Å². The Morgan fingerprint density at radius 2 is 2.12 bits per heavy atom. The van der Waals surface area contributed by atoms with E-state index in [1.807, 2.05) is 0 Å². The number of amides is 2. The molecule has 0 saturated carbocycles. The lowest BCUT2D eigenvalue weighted by atomic mass is 10.1. The molecule has 1 saturated heterocycles. The smallest absolute Gasteiger partial charge is 0.410 e. The van der Waals surface area contributed by atoms with Crippen LogP contribution in [-0.4, -0.2) is 42.1 Å². The zero-order chi connectivity index (χ0) is 12.3. The molecule has 1 N–H and O–H groups in total. The third kappa shape index (κ3) is 3.40. The molecule has 0 spiro atoms. The molecule has 1 atom stereocenters. The molecule has 1 heterocycles. The molecule has 92 valence electrons. The van der Waals surface area contributed by atoms with Gasteiger partial charge in [-0.25, -0.2) is 4.79 Å². The number of piperidine rings is 1. The first kappa shape index (κ1) is 12.8. The molecule has 1 aliphatic heterocycles. The number of nitrogens with zero attached hydrogens (tertiary/aromatic N) is 1. The molecule has 0 aliphatic carbocycles. The Hall–Kier alpha value is -1.26. The van der Waals surface area contributed by atoms with Gasteiger partial charge in [0.1, 0.15) is 11.6 Å². The maximum Gasteiger partial charge on any atom is 0.410 e. The van der Waals surface area contributed by atoms with Gasteiger partial charge in [0.25, 0.3) is 0 Å². The molecule has 0 radical (unpaired) electrons. The van der Waals surface area contributed by atoms with E-state index in [4.69, 9.17) is 4.74 Å². The van der Waals surface area contributed by atoms with Crippen LogP contribution in [0.3, 0.4) is 0 Å². The molecule has 2 amide bonds. The third-order valence-electron chi connectivity index (χ3n) is 2.41. The molecular weight excluding hydrogens is 208 g/mol. The summed E-state index contributed by atoms with van der Waals surface area (Å²) in [6.45, 7) is 6.11. The van der Waals surface area contributed by atoms with Crippen molar-refractivity contribution in [3.05, 3.63) is 0 Å². The summed E-state index contributed by atoms with van der Waals surface area (Å²) in [6, 6.07) is -0.399. The molecule has 1 unspecified atom stereocenters. The highest BCUT2D eigenvalue weighted by Gasteiger charge is 2.31. The molecule has 1 aliphatic rings. The second kappa shape index (κ2) is 4.72. The summed E-state index contributed by atoms with van der Waals surface area (Å²) >= 11 is 0. The number of nitrogens with one attached hydrogen (secondary N) is 1. The Labute approximate surface area is 96.1 Å². The van der Waals surface area contributed by atoms with E-state index in [2.05, 4.69) is 5.32 Å². The fourth-order valence-electron chi connectivity index (χ4n) is 1.59. The molecule has 5 nitrogen and oxygen atoms in total. The second-order valence-electron chi connectivity index (χ2n) is 5.04. The lowest BCUT2D eigenvalue weighted by Gasteiger charge is -2.32. The van der Waals surface area contributed by atoms with Crippen molar-refractivity contribution in [2.75, 3.05) is 13.6 Å². The van der Waals surface area contributed by atoms with E-state index in [9.17, 15) is 9.59 Å². The highest BCUT2D eigenvalue weighted by Crippen LogP contribution is 2.14. The molecule has 5 heteroatoms. The van der Waals surface area contributed by atoms with Gasteiger partial charge in [-0.1, -0.05) is 0 Å². The van der Waals surface area contributed by atoms with Crippen LogP contribution in [0.4, 0.5) is 4.79 Å². The highest BCUT2D eigenvalue weighted by atomic mass is 16.6. The van der Waals surface area contributed by atoms with Crippen molar-refractivity contribution in [3.63, 3.8) is 0 Å². The minimum atomic E-state index is -0.531. The van der Waals surface area contributed by atoms with Crippen molar-refractivity contribution in [2.45, 2.75) is 45.3 Å². The first-order valence-corrected chi connectivity index (χ1v) is 5.55. The summed E-state index contributed by atoms with van der Waals surface area (Å²) in [6.07, 6.45) is 1.14. The van der Waals surface area contributed by atoms with Crippen LogP contribution in [0.25, 0.3) is 0 Å². The van der Waals surface area contributed by atoms with Gasteiger partial charge in [-0.2, -0.15) is 0 Å². The molecule has 0 aromatic carbocycles. The van der Waals surface area contributed by atoms with Gasteiger partial charge in [-0.15, -0.1) is 0 Å². The predicted molar refractivity (Wildman–Crippen MR) is 60.0 cm³/mol. The zero-order valence-electron chi connectivity index (χ0n) is 10.4. The van der Waals surface area contributed by atoms with Crippen LogP contribution < -0.4 is 5.32 Å². The third-order valence-corrected chi connectivity index (χ3v) is 2.41. The van der Waals surface area contributed by atoms with E-state index in [-0.39, 0.29) is 5.91 Å². The topological polar surface area (TPSA) is 58.6 Å². The SMILES string of the molecule is CN(C(=O)OC(C)(C)C)C1CCCNC1=O. The first-order chi connectivity index (χ1) is 7.31. The summed E-state index contributed by atoms with van der Waals surface area (Å²) in [4.78, 5) is 24.6. The van der Waals surface area contributed by atoms with Crippen LogP contribution in [0.2, 0.25) is 0 Å². The van der Waals surface area contributed by atoms with Gasteiger partial charge in [0.05, 0.1) is 0 Å². The largest absolute Gasteiger partial charge is 0.444 e. The van der Waals surface area contributed by atoms with E-state index in [1.165, 1.54) is 4.90 Å². The van der Waals surface area contributed by atoms with Gasteiger partial charge in [0, 0.05) is 13.6 Å². The van der Waals surface area contributed by atoms with Gasteiger partial charge >= 0.3 is 6.09 Å². The Morgan fingerprint density at radius 3 is 2.62 bits per heavy atom. The molecule has 1 rings (SSSR count). The van der Waals surface area contributed by atoms with E-state index in [1.54, 1.807) is 27.8 Å². The van der Waals surface area contributed by atoms with Crippen molar-refractivity contribution < 1.29 is 14.3 Å². The van der Waals surface area contributed by atoms with Crippen molar-refractivity contribution in [2.24, 2.45) is 0 Å². The van der Waals surface area contributed by atoms with Crippen LogP contribution >= 0.6 is 0 Å². The predicted octanol–water partition coefficient (Wildman–Crippen LogP) is 1.13. The average Bonchev–Trinajstić information content (AvgIpc) is 2.15. The normalized spacial score (nSPS) is 21.2. The number of ether oxygens (including phenoxy) is 1. The van der Waals surface area contributed by atoms with Crippen LogP contribution in [-0.2, 0) is 9.53 Å². The number of rotatable bonds is 1. The van der Waals surface area contributed by atoms with Crippen molar-refractivity contribution in [1.82, 2.24) is 10.2 Å². The summed E-state index contributed by atoms with van der Waals surface area (Å²) in [7, 11) is 1.60. The Bertz CT molecular complexity index is 283. The van der Waals surface area contributed by atoms with Crippen molar-refractivity contribution in [3.8, 4) is 0 Å². The standard InChI is InChI=1S/C11H20N2O3/c1-11(2,3)16-10(15)13(4)8-6-5-7-12-9(8)14/h8H,5-7H2,1-4H3,(H,12,14). The molecular formula is C11H20N2O3. The zero-order valence-corrected chi connectivity index (χ0v) is 10.4. The molecule has 0 bridgehead atoms. The minimum absolute atomic E-state index is 0.0976. The fourth-order valence-corrected chi connectivity index (χ4v) is 1.59. The monoisotopic (exact) mass is 228 g/mol. The summed E-state index contributed by atoms with van der Waals surface area (Å²) in [5.74, 6) is -0.0976.